The first-order chi connectivity index (χ1) is 15.9. The molecule has 33 heavy (non-hydrogen) atoms. The summed E-state index contributed by atoms with van der Waals surface area (Å²) < 4.78 is 29.8. The third kappa shape index (κ3) is 6.38. The Morgan fingerprint density at radius 2 is 1.88 bits per heavy atom. The first kappa shape index (κ1) is 24.4. The molecule has 2 aromatic carbocycles. The largest absolute Gasteiger partial charge is 0.491 e. The minimum atomic E-state index is -0.654. The number of carbonyl (C=O) groups excluding carboxylic acids is 2. The summed E-state index contributed by atoms with van der Waals surface area (Å²) >= 11 is 6.20. The van der Waals surface area contributed by atoms with Crippen molar-refractivity contribution >= 4 is 35.2 Å². The zero-order valence-electron chi connectivity index (χ0n) is 18.6. The number of hydrogen-bond donors (Lipinski definition) is 0. The van der Waals surface area contributed by atoms with Gasteiger partial charge in [-0.1, -0.05) is 23.7 Å². The van der Waals surface area contributed by atoms with Gasteiger partial charge in [-0.15, -0.1) is 0 Å². The van der Waals surface area contributed by atoms with Crippen molar-refractivity contribution in [2.45, 2.75) is 6.92 Å². The van der Waals surface area contributed by atoms with Gasteiger partial charge in [0.1, 0.15) is 5.82 Å². The van der Waals surface area contributed by atoms with E-state index in [0.29, 0.717) is 60.6 Å². The van der Waals surface area contributed by atoms with Crippen LogP contribution in [0.3, 0.4) is 0 Å². The van der Waals surface area contributed by atoms with Crippen molar-refractivity contribution in [1.82, 2.24) is 4.90 Å². The molecule has 0 unspecified atom stereocenters. The fourth-order valence-corrected chi connectivity index (χ4v) is 3.78. The van der Waals surface area contributed by atoms with Crippen LogP contribution in [-0.2, 0) is 14.3 Å². The molecule has 0 atom stereocenters. The predicted octanol–water partition coefficient (Wildman–Crippen LogP) is 3.79. The smallest absolute Gasteiger partial charge is 0.331 e. The highest BCUT2D eigenvalue weighted by Crippen LogP contribution is 2.36. The minimum Gasteiger partial charge on any atom is -0.491 e. The Hall–Kier alpha value is -3.26. The van der Waals surface area contributed by atoms with E-state index in [2.05, 4.69) is 0 Å². The van der Waals surface area contributed by atoms with E-state index >= 15 is 0 Å². The highest BCUT2D eigenvalue weighted by Gasteiger charge is 2.23. The summed E-state index contributed by atoms with van der Waals surface area (Å²) in [4.78, 5) is 28.0. The van der Waals surface area contributed by atoms with Crippen molar-refractivity contribution in [3.63, 3.8) is 0 Å². The summed E-state index contributed by atoms with van der Waals surface area (Å²) in [5.74, 6) is -0.358. The van der Waals surface area contributed by atoms with Crippen molar-refractivity contribution in [2.75, 3.05) is 51.4 Å². The van der Waals surface area contributed by atoms with E-state index in [1.54, 1.807) is 35.2 Å². The third-order valence-corrected chi connectivity index (χ3v) is 5.39. The molecule has 0 N–H and O–H groups in total. The first-order valence-corrected chi connectivity index (χ1v) is 10.9. The summed E-state index contributed by atoms with van der Waals surface area (Å²) in [6, 6.07) is 9.87. The Labute approximate surface area is 197 Å². The molecule has 176 valence electrons. The first-order valence-electron chi connectivity index (χ1n) is 10.5. The minimum absolute atomic E-state index is 0.287. The molecule has 0 saturated carbocycles. The average Bonchev–Trinajstić information content (AvgIpc) is 2.82. The normalized spacial score (nSPS) is 13.8. The van der Waals surface area contributed by atoms with Crippen LogP contribution in [0.5, 0.6) is 11.5 Å². The summed E-state index contributed by atoms with van der Waals surface area (Å²) in [7, 11) is 1.49. The molecule has 1 heterocycles. The van der Waals surface area contributed by atoms with Crippen molar-refractivity contribution in [2.24, 2.45) is 0 Å². The van der Waals surface area contributed by atoms with Gasteiger partial charge >= 0.3 is 5.97 Å². The maximum absolute atomic E-state index is 13.9. The van der Waals surface area contributed by atoms with Crippen LogP contribution in [-0.4, -0.2) is 63.3 Å². The van der Waals surface area contributed by atoms with Crippen LogP contribution in [0.15, 0.2) is 42.5 Å². The van der Waals surface area contributed by atoms with Crippen LogP contribution in [0, 0.1) is 5.82 Å². The molecule has 3 rings (SSSR count). The van der Waals surface area contributed by atoms with Crippen molar-refractivity contribution < 1.29 is 28.2 Å². The fourth-order valence-electron chi connectivity index (χ4n) is 3.49. The second kappa shape index (κ2) is 11.6. The van der Waals surface area contributed by atoms with E-state index in [-0.39, 0.29) is 18.3 Å². The molecule has 1 amide bonds. The number of halogens is 2. The molecule has 0 radical (unpaired) electrons. The molecule has 1 aliphatic heterocycles. The van der Waals surface area contributed by atoms with Gasteiger partial charge in [0.05, 0.1) is 24.4 Å². The zero-order chi connectivity index (χ0) is 23.8. The molecule has 0 spiro atoms. The maximum Gasteiger partial charge on any atom is 0.331 e. The monoisotopic (exact) mass is 476 g/mol. The Balaban J connectivity index is 1.49. The quantitative estimate of drug-likeness (QED) is 0.426. The molecule has 0 bridgehead atoms. The van der Waals surface area contributed by atoms with Gasteiger partial charge < -0.3 is 24.0 Å². The van der Waals surface area contributed by atoms with E-state index in [9.17, 15) is 14.0 Å². The van der Waals surface area contributed by atoms with Crippen LogP contribution in [0.1, 0.15) is 12.5 Å². The van der Waals surface area contributed by atoms with E-state index in [4.69, 9.17) is 25.8 Å². The van der Waals surface area contributed by atoms with Crippen LogP contribution in [0.4, 0.5) is 10.1 Å². The molecular formula is C24H26ClFN2O5. The number of anilines is 1. The highest BCUT2D eigenvalue weighted by molar-refractivity contribution is 6.32. The number of ether oxygens (including phenoxy) is 3. The second-order valence-electron chi connectivity index (χ2n) is 7.23. The van der Waals surface area contributed by atoms with Gasteiger partial charge in [0.15, 0.2) is 18.1 Å². The summed E-state index contributed by atoms with van der Waals surface area (Å²) in [5, 5.41) is 0.348. The van der Waals surface area contributed by atoms with E-state index in [1.807, 2.05) is 11.8 Å². The van der Waals surface area contributed by atoms with Crippen molar-refractivity contribution in [1.29, 1.82) is 0 Å². The number of esters is 1. The second-order valence-corrected chi connectivity index (χ2v) is 7.63. The number of carbonyl (C=O) groups is 2. The molecule has 1 saturated heterocycles. The highest BCUT2D eigenvalue weighted by atomic mass is 35.5. The van der Waals surface area contributed by atoms with E-state index < -0.39 is 5.97 Å². The summed E-state index contributed by atoms with van der Waals surface area (Å²) in [6.45, 7) is 3.75. The van der Waals surface area contributed by atoms with Gasteiger partial charge in [-0.25, -0.2) is 9.18 Å². The molecule has 1 fully saturated rings. The van der Waals surface area contributed by atoms with Gasteiger partial charge in [-0.05, 0) is 42.8 Å². The lowest BCUT2D eigenvalue weighted by Gasteiger charge is -2.36. The number of benzene rings is 2. The number of amides is 1. The summed E-state index contributed by atoms with van der Waals surface area (Å²) in [6.07, 6.45) is 2.74. The number of para-hydroxylation sites is 1. The molecule has 2 aromatic rings. The van der Waals surface area contributed by atoms with Crippen LogP contribution in [0.2, 0.25) is 5.02 Å². The lowest BCUT2D eigenvalue weighted by molar-refractivity contribution is -0.148. The molecule has 0 aromatic heterocycles. The summed E-state index contributed by atoms with van der Waals surface area (Å²) in [5.41, 5.74) is 1.14. The maximum atomic E-state index is 13.9. The van der Waals surface area contributed by atoms with Crippen molar-refractivity contribution in [3.8, 4) is 11.5 Å². The number of nitrogens with zero attached hydrogens (tertiary/aromatic N) is 2. The molecule has 0 aliphatic carbocycles. The average molecular weight is 477 g/mol. The van der Waals surface area contributed by atoms with Gasteiger partial charge in [-0.2, -0.15) is 0 Å². The van der Waals surface area contributed by atoms with E-state index in [0.717, 1.165) is 0 Å². The molecule has 1 aliphatic rings. The van der Waals surface area contributed by atoms with Crippen LogP contribution >= 0.6 is 11.6 Å². The SMILES string of the molecule is CCOc1cc(/C=C/C(=O)OCC(=O)N2CCN(c3ccccc3F)CC2)cc(Cl)c1OC. The lowest BCUT2D eigenvalue weighted by Crippen LogP contribution is -2.50. The Kier molecular flexibility index (Phi) is 8.54. The molecule has 9 heteroatoms. The lowest BCUT2D eigenvalue weighted by atomic mass is 10.2. The standard InChI is InChI=1S/C24H26ClFN2O5/c1-3-32-21-15-17(14-18(25)24(21)31-2)8-9-23(30)33-16-22(29)28-12-10-27(11-13-28)20-7-5-4-6-19(20)26/h4-9,14-15H,3,10-13,16H2,1-2H3/b9-8+. The molecular weight excluding hydrogens is 451 g/mol. The number of hydrogen-bond acceptors (Lipinski definition) is 6. The zero-order valence-corrected chi connectivity index (χ0v) is 19.3. The number of methoxy groups -OCH3 is 1. The number of rotatable bonds is 8. The Morgan fingerprint density at radius 3 is 2.55 bits per heavy atom. The van der Waals surface area contributed by atoms with Gasteiger partial charge in [0.2, 0.25) is 0 Å². The topological polar surface area (TPSA) is 68.3 Å². The third-order valence-electron chi connectivity index (χ3n) is 5.11. The van der Waals surface area contributed by atoms with Gasteiger partial charge in [0, 0.05) is 32.3 Å². The number of piperazine rings is 1. The van der Waals surface area contributed by atoms with Crippen LogP contribution in [0.25, 0.3) is 6.08 Å². The Bertz CT molecular complexity index is 1020. The van der Waals surface area contributed by atoms with Crippen LogP contribution < -0.4 is 14.4 Å². The van der Waals surface area contributed by atoms with Gasteiger partial charge in [-0.3, -0.25) is 4.79 Å². The predicted molar refractivity (Wildman–Crippen MR) is 124 cm³/mol. The van der Waals surface area contributed by atoms with E-state index in [1.165, 1.54) is 25.3 Å². The van der Waals surface area contributed by atoms with Gasteiger partial charge in [0.25, 0.3) is 5.91 Å². The Morgan fingerprint density at radius 1 is 1.15 bits per heavy atom. The fraction of sp³-hybridized carbons (Fsp3) is 0.333. The molecule has 7 nitrogen and oxygen atoms in total. The van der Waals surface area contributed by atoms with Crippen molar-refractivity contribution in [3.05, 3.63) is 58.9 Å².